The van der Waals surface area contributed by atoms with Crippen LogP contribution in [0.5, 0.6) is 0 Å². The van der Waals surface area contributed by atoms with Crippen LogP contribution < -0.4 is 0 Å². The average molecular weight is 551 g/mol. The second kappa shape index (κ2) is 9.13. The first-order valence-corrected chi connectivity index (χ1v) is 13.9. The highest BCUT2D eigenvalue weighted by Crippen LogP contribution is 2.67. The van der Waals surface area contributed by atoms with Gasteiger partial charge in [-0.15, -0.1) is 0 Å². The molecular formula is C32H38O8. The summed E-state index contributed by atoms with van der Waals surface area (Å²) in [7, 11) is 0. The van der Waals surface area contributed by atoms with E-state index in [0.717, 1.165) is 16.7 Å². The smallest absolute Gasteiger partial charge is 0.333 e. The molecule has 5 rings (SSSR count). The fourth-order valence-corrected chi connectivity index (χ4v) is 7.90. The molecule has 1 fully saturated rings. The monoisotopic (exact) mass is 550 g/mol. The molecule has 0 spiro atoms. The zero-order valence-corrected chi connectivity index (χ0v) is 24.2. The van der Waals surface area contributed by atoms with E-state index in [1.54, 1.807) is 26.0 Å². The normalized spacial score (nSPS) is 38.0. The van der Waals surface area contributed by atoms with E-state index in [2.05, 4.69) is 0 Å². The first-order chi connectivity index (χ1) is 18.5. The van der Waals surface area contributed by atoms with Gasteiger partial charge >= 0.3 is 17.9 Å². The molecule has 0 aromatic heterocycles. The molecule has 8 heteroatoms. The summed E-state index contributed by atoms with van der Waals surface area (Å²) in [6, 6.07) is 0. The van der Waals surface area contributed by atoms with Crippen molar-refractivity contribution in [3.05, 3.63) is 58.7 Å². The van der Waals surface area contributed by atoms with Crippen LogP contribution in [-0.2, 0) is 33.4 Å². The summed E-state index contributed by atoms with van der Waals surface area (Å²) in [6.45, 7) is 12.2. The zero-order valence-electron chi connectivity index (χ0n) is 24.2. The minimum absolute atomic E-state index is 0.114. The Morgan fingerprint density at radius 1 is 1.12 bits per heavy atom. The van der Waals surface area contributed by atoms with E-state index in [1.165, 1.54) is 13.0 Å². The summed E-state index contributed by atoms with van der Waals surface area (Å²) in [4.78, 5) is 51.1. The number of ketones is 1. The van der Waals surface area contributed by atoms with Crippen molar-refractivity contribution in [3.8, 4) is 0 Å². The van der Waals surface area contributed by atoms with Crippen LogP contribution >= 0.6 is 0 Å². The third-order valence-electron chi connectivity index (χ3n) is 10.1. The minimum Gasteiger partial charge on any atom is -0.462 e. The lowest BCUT2D eigenvalue weighted by atomic mass is 9.51. The van der Waals surface area contributed by atoms with Crippen LogP contribution in [0, 0.1) is 22.7 Å². The molecule has 0 radical (unpaired) electrons. The molecular weight excluding hydrogens is 512 g/mol. The number of allylic oxidation sites excluding steroid dienone is 4. The molecule has 1 N–H and O–H groups in total. The largest absolute Gasteiger partial charge is 0.462 e. The maximum Gasteiger partial charge on any atom is 0.333 e. The second-order valence-electron chi connectivity index (χ2n) is 13.0. The number of esters is 3. The minimum atomic E-state index is -1.72. The number of fused-ring (bicyclic) bond motifs is 3. The van der Waals surface area contributed by atoms with Crippen molar-refractivity contribution in [1.82, 2.24) is 0 Å². The van der Waals surface area contributed by atoms with Crippen molar-refractivity contribution in [3.63, 3.8) is 0 Å². The number of hydrogen-bond donors (Lipinski definition) is 1. The number of Topliss-reactive ketones (excluding diaryl/α,β-unsaturated/α-hetero) is 1. The van der Waals surface area contributed by atoms with E-state index in [-0.39, 0.29) is 24.5 Å². The molecule has 40 heavy (non-hydrogen) atoms. The Labute approximate surface area is 234 Å². The van der Waals surface area contributed by atoms with Crippen molar-refractivity contribution < 1.29 is 38.5 Å². The first kappa shape index (κ1) is 28.3. The molecule has 2 heterocycles. The standard InChI is InChI=1S/C32H38O8/c1-17-8-12-24(39-28(17)36)32(7,37)27-23(34)16-30(5)22-11-10-21-19(9-13-26(35)40-29(21,3)4)14-20(22)15-25(31(27,30)6)38-18(2)33/h8-11,13-14,21,24-25,27,37H,12,15-16H2,1-7H3. The van der Waals surface area contributed by atoms with E-state index < -0.39 is 58.1 Å². The molecule has 7 unspecified atom stereocenters. The third-order valence-corrected chi connectivity index (χ3v) is 10.1. The molecule has 2 aliphatic heterocycles. The molecule has 0 aromatic carbocycles. The fraction of sp³-hybridized carbons (Fsp3) is 0.562. The van der Waals surface area contributed by atoms with Gasteiger partial charge in [0.25, 0.3) is 0 Å². The molecule has 0 saturated heterocycles. The summed E-state index contributed by atoms with van der Waals surface area (Å²) >= 11 is 0. The lowest BCUT2D eigenvalue weighted by Gasteiger charge is -2.55. The maximum atomic E-state index is 14.0. The highest BCUT2D eigenvalue weighted by Gasteiger charge is 2.71. The van der Waals surface area contributed by atoms with Gasteiger partial charge in [-0.25, -0.2) is 9.59 Å². The fourth-order valence-electron chi connectivity index (χ4n) is 7.90. The summed E-state index contributed by atoms with van der Waals surface area (Å²) in [5.74, 6) is -2.80. The van der Waals surface area contributed by atoms with Crippen LogP contribution in [-0.4, -0.2) is 52.2 Å². The Balaban J connectivity index is 1.67. The third kappa shape index (κ3) is 4.06. The Hall–Kier alpha value is -3.26. The van der Waals surface area contributed by atoms with Gasteiger partial charge in [0.2, 0.25) is 0 Å². The van der Waals surface area contributed by atoms with Gasteiger partial charge in [-0.1, -0.05) is 44.2 Å². The molecule has 214 valence electrons. The number of aliphatic hydroxyl groups is 1. The van der Waals surface area contributed by atoms with Gasteiger partial charge in [-0.2, -0.15) is 0 Å². The van der Waals surface area contributed by atoms with Gasteiger partial charge in [-0.3, -0.25) is 9.59 Å². The molecule has 5 aliphatic rings. The number of carbonyl (C=O) groups is 4. The van der Waals surface area contributed by atoms with Crippen molar-refractivity contribution in [2.75, 3.05) is 0 Å². The summed E-state index contributed by atoms with van der Waals surface area (Å²) < 4.78 is 17.3. The highest BCUT2D eigenvalue weighted by atomic mass is 16.6. The number of rotatable bonds is 3. The number of carbonyl (C=O) groups excluding carboxylic acids is 4. The molecule has 0 bridgehead atoms. The van der Waals surface area contributed by atoms with Crippen LogP contribution in [0.1, 0.15) is 67.7 Å². The van der Waals surface area contributed by atoms with Crippen LogP contribution in [0.15, 0.2) is 58.7 Å². The average Bonchev–Trinajstić information content (AvgIpc) is 2.93. The summed E-state index contributed by atoms with van der Waals surface area (Å²) in [5.41, 5.74) is -1.19. The van der Waals surface area contributed by atoms with E-state index >= 15 is 0 Å². The van der Waals surface area contributed by atoms with Crippen molar-refractivity contribution >= 4 is 23.7 Å². The molecule has 0 aromatic rings. The van der Waals surface area contributed by atoms with Gasteiger partial charge in [0.1, 0.15) is 29.2 Å². The second-order valence-corrected chi connectivity index (χ2v) is 13.0. The number of hydrogen-bond acceptors (Lipinski definition) is 8. The van der Waals surface area contributed by atoms with Crippen LogP contribution in [0.4, 0.5) is 0 Å². The van der Waals surface area contributed by atoms with Gasteiger partial charge < -0.3 is 19.3 Å². The van der Waals surface area contributed by atoms with Crippen molar-refractivity contribution in [1.29, 1.82) is 0 Å². The number of cyclic esters (lactones) is 2. The van der Waals surface area contributed by atoms with E-state index in [0.29, 0.717) is 12.0 Å². The van der Waals surface area contributed by atoms with Gasteiger partial charge in [-0.05, 0) is 44.4 Å². The topological polar surface area (TPSA) is 116 Å². The van der Waals surface area contributed by atoms with E-state index in [1.807, 2.05) is 45.9 Å². The molecule has 8 nitrogen and oxygen atoms in total. The maximum absolute atomic E-state index is 14.0. The van der Waals surface area contributed by atoms with Crippen LogP contribution in [0.2, 0.25) is 0 Å². The molecule has 3 aliphatic carbocycles. The Bertz CT molecular complexity index is 1350. The quantitative estimate of drug-likeness (QED) is 0.410. The van der Waals surface area contributed by atoms with Gasteiger partial charge in [0.15, 0.2) is 0 Å². The molecule has 1 saturated carbocycles. The Morgan fingerprint density at radius 2 is 1.82 bits per heavy atom. The predicted molar refractivity (Wildman–Crippen MR) is 145 cm³/mol. The van der Waals surface area contributed by atoms with Crippen LogP contribution in [0.25, 0.3) is 0 Å². The van der Waals surface area contributed by atoms with Gasteiger partial charge in [0, 0.05) is 54.6 Å². The Kier molecular flexibility index (Phi) is 6.45. The predicted octanol–water partition coefficient (Wildman–Crippen LogP) is 4.24. The summed E-state index contributed by atoms with van der Waals surface area (Å²) in [5, 5.41) is 12.1. The molecule has 0 amide bonds. The molecule has 7 atom stereocenters. The Morgan fingerprint density at radius 3 is 2.48 bits per heavy atom. The SMILES string of the molecule is CC(=O)OC1CC2=C(C=CC3C(=C2)C=CC(=O)OC3(C)C)C2(C)CC(=O)C(C(C)(O)C3CC=C(C)C(=O)O3)C12C. The van der Waals surface area contributed by atoms with Gasteiger partial charge in [0.05, 0.1) is 5.92 Å². The lowest BCUT2D eigenvalue weighted by molar-refractivity contribution is -0.197. The van der Waals surface area contributed by atoms with Crippen molar-refractivity contribution in [2.45, 2.75) is 91.1 Å². The first-order valence-electron chi connectivity index (χ1n) is 13.9. The van der Waals surface area contributed by atoms with Crippen LogP contribution in [0.3, 0.4) is 0 Å². The zero-order chi connectivity index (χ0) is 29.4. The highest BCUT2D eigenvalue weighted by molar-refractivity contribution is 5.90. The number of ether oxygens (including phenoxy) is 3. The van der Waals surface area contributed by atoms with E-state index in [9.17, 15) is 24.3 Å². The lowest BCUT2D eigenvalue weighted by Crippen LogP contribution is -2.61. The van der Waals surface area contributed by atoms with E-state index in [4.69, 9.17) is 14.2 Å². The van der Waals surface area contributed by atoms with Crippen molar-refractivity contribution in [2.24, 2.45) is 22.7 Å². The summed E-state index contributed by atoms with van der Waals surface area (Å²) in [6.07, 6.45) is 9.99.